The highest BCUT2D eigenvalue weighted by Crippen LogP contribution is 2.30. The molecule has 118 valence electrons. The zero-order valence-corrected chi connectivity index (χ0v) is 12.0. The van der Waals surface area contributed by atoms with Crippen molar-refractivity contribution in [3.05, 3.63) is 35.7 Å². The van der Waals surface area contributed by atoms with Gasteiger partial charge in [0.1, 0.15) is 0 Å². The lowest BCUT2D eigenvalue weighted by atomic mass is 10.1. The van der Waals surface area contributed by atoms with Gasteiger partial charge in [-0.3, -0.25) is 4.79 Å². The van der Waals surface area contributed by atoms with E-state index in [1.165, 1.54) is 25.3 Å². The number of hydrogen-bond acceptors (Lipinski definition) is 6. The zero-order valence-electron chi connectivity index (χ0n) is 12.0. The van der Waals surface area contributed by atoms with Gasteiger partial charge in [0.25, 0.3) is 0 Å². The Morgan fingerprint density at radius 3 is 2.82 bits per heavy atom. The van der Waals surface area contributed by atoms with Crippen molar-refractivity contribution < 1.29 is 27.6 Å². The third-order valence-corrected chi connectivity index (χ3v) is 2.95. The Labute approximate surface area is 125 Å². The number of carbonyl (C=O) groups excluding carboxylic acids is 1. The first kappa shape index (κ1) is 16.0. The molecule has 6 nitrogen and oxygen atoms in total. The van der Waals surface area contributed by atoms with E-state index >= 15 is 0 Å². The lowest BCUT2D eigenvalue weighted by molar-refractivity contribution is -0.231. The van der Waals surface area contributed by atoms with E-state index in [9.17, 15) is 13.6 Å². The predicted molar refractivity (Wildman–Crippen MR) is 71.0 cm³/mol. The molecule has 0 saturated heterocycles. The normalized spacial score (nSPS) is 11.5. The molecule has 8 heteroatoms. The third-order valence-electron chi connectivity index (χ3n) is 2.95. The van der Waals surface area contributed by atoms with E-state index in [1.54, 1.807) is 6.07 Å². The molecule has 1 aromatic carbocycles. The maximum Gasteiger partial charge on any atom is 0.383 e. The summed E-state index contributed by atoms with van der Waals surface area (Å²) in [6.45, 7) is 0. The molecule has 1 heterocycles. The third kappa shape index (κ3) is 3.64. The summed E-state index contributed by atoms with van der Waals surface area (Å²) >= 11 is 0. The van der Waals surface area contributed by atoms with E-state index in [4.69, 9.17) is 4.52 Å². The highest BCUT2D eigenvalue weighted by molar-refractivity contribution is 5.69. The van der Waals surface area contributed by atoms with Gasteiger partial charge in [-0.1, -0.05) is 23.4 Å². The van der Waals surface area contributed by atoms with Crippen LogP contribution in [-0.4, -0.2) is 30.3 Å². The van der Waals surface area contributed by atoms with Crippen LogP contribution in [-0.2, 0) is 26.8 Å². The first-order chi connectivity index (χ1) is 10.5. The van der Waals surface area contributed by atoms with Crippen LogP contribution < -0.4 is 0 Å². The van der Waals surface area contributed by atoms with Crippen molar-refractivity contribution in [2.45, 2.75) is 19.0 Å². The standard InChI is InChI=1S/C14H14F2N2O4/c1-20-12(19)7-6-11-17-13(18-22-11)9-4-3-5-10(8-9)14(15,16)21-2/h3-5,8H,6-7H2,1-2H3. The van der Waals surface area contributed by atoms with Gasteiger partial charge < -0.3 is 14.0 Å². The molecule has 0 aliphatic rings. The van der Waals surface area contributed by atoms with Gasteiger partial charge in [0.05, 0.1) is 19.1 Å². The fourth-order valence-electron chi connectivity index (χ4n) is 1.74. The quantitative estimate of drug-likeness (QED) is 0.763. The Kier molecular flexibility index (Phi) is 4.81. The second-order valence-electron chi connectivity index (χ2n) is 4.39. The van der Waals surface area contributed by atoms with Crippen LogP contribution in [0, 0.1) is 0 Å². The molecule has 22 heavy (non-hydrogen) atoms. The summed E-state index contributed by atoms with van der Waals surface area (Å²) in [6.07, 6.45) is -3.08. The number of alkyl halides is 2. The molecule has 0 radical (unpaired) electrons. The van der Waals surface area contributed by atoms with Crippen LogP contribution in [0.15, 0.2) is 28.8 Å². The monoisotopic (exact) mass is 312 g/mol. The molecule has 0 aliphatic heterocycles. The second kappa shape index (κ2) is 6.61. The number of ether oxygens (including phenoxy) is 2. The molecule has 0 spiro atoms. The lowest BCUT2D eigenvalue weighted by Crippen LogP contribution is -2.15. The van der Waals surface area contributed by atoms with Gasteiger partial charge in [0.15, 0.2) is 0 Å². The molecule has 2 aromatic rings. The molecule has 0 bridgehead atoms. The Hall–Kier alpha value is -2.35. The van der Waals surface area contributed by atoms with Gasteiger partial charge in [-0.25, -0.2) is 0 Å². The number of rotatable bonds is 6. The second-order valence-corrected chi connectivity index (χ2v) is 4.39. The number of hydrogen-bond donors (Lipinski definition) is 0. The lowest BCUT2D eigenvalue weighted by Gasteiger charge is -2.14. The molecule has 0 N–H and O–H groups in total. The van der Waals surface area contributed by atoms with Crippen LogP contribution >= 0.6 is 0 Å². The average Bonchev–Trinajstić information content (AvgIpc) is 3.01. The number of esters is 1. The van der Waals surface area contributed by atoms with Crippen LogP contribution in [0.25, 0.3) is 11.4 Å². The Bertz CT molecular complexity index is 658. The number of aryl methyl sites for hydroxylation is 1. The molecule has 0 unspecified atom stereocenters. The fraction of sp³-hybridized carbons (Fsp3) is 0.357. The van der Waals surface area contributed by atoms with E-state index in [0.29, 0.717) is 5.56 Å². The summed E-state index contributed by atoms with van der Waals surface area (Å²) in [6, 6.07) is 5.48. The Morgan fingerprint density at radius 2 is 2.14 bits per heavy atom. The minimum Gasteiger partial charge on any atom is -0.469 e. The van der Waals surface area contributed by atoms with Crippen molar-refractivity contribution >= 4 is 5.97 Å². The number of benzene rings is 1. The van der Waals surface area contributed by atoms with Gasteiger partial charge in [-0.2, -0.15) is 13.8 Å². The summed E-state index contributed by atoms with van der Waals surface area (Å²) in [7, 11) is 2.20. The molecule has 2 rings (SSSR count). The van der Waals surface area contributed by atoms with Crippen LogP contribution in [0.5, 0.6) is 0 Å². The number of aromatic nitrogens is 2. The first-order valence-corrected chi connectivity index (χ1v) is 6.39. The van der Waals surface area contributed by atoms with Crippen LogP contribution in [0.1, 0.15) is 17.9 Å². The summed E-state index contributed by atoms with van der Waals surface area (Å²) in [4.78, 5) is 15.1. The van der Waals surface area contributed by atoms with Crippen molar-refractivity contribution in [3.63, 3.8) is 0 Å². The highest BCUT2D eigenvalue weighted by Gasteiger charge is 2.31. The number of methoxy groups -OCH3 is 2. The largest absolute Gasteiger partial charge is 0.469 e. The van der Waals surface area contributed by atoms with Crippen molar-refractivity contribution in [3.8, 4) is 11.4 Å². The summed E-state index contributed by atoms with van der Waals surface area (Å²) in [5.74, 6) is -0.0144. The number of halogens is 2. The number of nitrogens with zero attached hydrogens (tertiary/aromatic N) is 2. The molecule has 1 aromatic heterocycles. The fourth-order valence-corrected chi connectivity index (χ4v) is 1.74. The minimum absolute atomic E-state index is 0.0971. The van der Waals surface area contributed by atoms with Gasteiger partial charge in [-0.15, -0.1) is 0 Å². The maximum absolute atomic E-state index is 13.5. The molecule has 0 fully saturated rings. The molecule has 0 saturated carbocycles. The molecular formula is C14H14F2N2O4. The Balaban J connectivity index is 2.17. The zero-order chi connectivity index (χ0) is 16.2. The first-order valence-electron chi connectivity index (χ1n) is 6.39. The molecular weight excluding hydrogens is 298 g/mol. The van der Waals surface area contributed by atoms with Crippen LogP contribution in [0.4, 0.5) is 8.78 Å². The summed E-state index contributed by atoms with van der Waals surface area (Å²) in [5, 5.41) is 3.72. The minimum atomic E-state index is -3.40. The maximum atomic E-state index is 13.5. The molecule has 0 amide bonds. The smallest absolute Gasteiger partial charge is 0.383 e. The van der Waals surface area contributed by atoms with Gasteiger partial charge >= 0.3 is 12.1 Å². The van der Waals surface area contributed by atoms with E-state index in [-0.39, 0.29) is 30.1 Å². The molecule has 0 atom stereocenters. The van der Waals surface area contributed by atoms with E-state index in [2.05, 4.69) is 19.6 Å². The van der Waals surface area contributed by atoms with Crippen molar-refractivity contribution in [2.75, 3.05) is 14.2 Å². The highest BCUT2D eigenvalue weighted by atomic mass is 19.3. The topological polar surface area (TPSA) is 74.5 Å². The van der Waals surface area contributed by atoms with Crippen molar-refractivity contribution in [1.29, 1.82) is 0 Å². The molecule has 0 aliphatic carbocycles. The van der Waals surface area contributed by atoms with Crippen LogP contribution in [0.2, 0.25) is 0 Å². The summed E-state index contributed by atoms with van der Waals surface area (Å²) < 4.78 is 40.6. The summed E-state index contributed by atoms with van der Waals surface area (Å²) in [5.41, 5.74) is 0.0516. The number of carbonyl (C=O) groups is 1. The van der Waals surface area contributed by atoms with Crippen molar-refractivity contribution in [1.82, 2.24) is 10.1 Å². The van der Waals surface area contributed by atoms with Gasteiger partial charge in [0.2, 0.25) is 11.7 Å². The van der Waals surface area contributed by atoms with E-state index in [0.717, 1.165) is 7.11 Å². The van der Waals surface area contributed by atoms with Crippen LogP contribution in [0.3, 0.4) is 0 Å². The SMILES string of the molecule is COC(=O)CCc1nc(-c2cccc(C(F)(F)OC)c2)no1. The predicted octanol–water partition coefficient (Wildman–Crippen LogP) is 2.54. The van der Waals surface area contributed by atoms with Gasteiger partial charge in [-0.05, 0) is 6.07 Å². The van der Waals surface area contributed by atoms with Crippen molar-refractivity contribution in [2.24, 2.45) is 0 Å². The van der Waals surface area contributed by atoms with Gasteiger partial charge in [0, 0.05) is 19.1 Å². The Morgan fingerprint density at radius 1 is 1.36 bits per heavy atom. The van der Waals surface area contributed by atoms with E-state index in [1.807, 2.05) is 0 Å². The van der Waals surface area contributed by atoms with E-state index < -0.39 is 12.1 Å². The average molecular weight is 312 g/mol.